The maximum absolute atomic E-state index is 11.2. The summed E-state index contributed by atoms with van der Waals surface area (Å²) in [6.07, 6.45) is 8.27. The lowest BCUT2D eigenvalue weighted by molar-refractivity contribution is -0.145. The van der Waals surface area contributed by atoms with E-state index in [-0.39, 0.29) is 11.8 Å². The second kappa shape index (κ2) is 5.60. The van der Waals surface area contributed by atoms with E-state index in [1.165, 1.54) is 38.5 Å². The molecule has 3 heteroatoms. The van der Waals surface area contributed by atoms with E-state index in [9.17, 15) is 9.90 Å². The van der Waals surface area contributed by atoms with Gasteiger partial charge in [-0.3, -0.25) is 4.79 Å². The highest BCUT2D eigenvalue weighted by Gasteiger charge is 2.43. The fourth-order valence-electron chi connectivity index (χ4n) is 3.68. The first kappa shape index (κ1) is 13.9. The number of hydrogen-bond acceptors (Lipinski definition) is 2. The molecule has 1 saturated carbocycles. The van der Waals surface area contributed by atoms with Crippen molar-refractivity contribution in [1.29, 1.82) is 0 Å². The van der Waals surface area contributed by atoms with E-state index in [0.717, 1.165) is 19.6 Å². The minimum Gasteiger partial charge on any atom is -0.481 e. The molecule has 2 rings (SSSR count). The molecule has 1 N–H and O–H groups in total. The van der Waals surface area contributed by atoms with Crippen LogP contribution in [0.3, 0.4) is 0 Å². The Morgan fingerprint density at radius 2 is 1.72 bits per heavy atom. The Morgan fingerprint density at radius 3 is 2.17 bits per heavy atom. The summed E-state index contributed by atoms with van der Waals surface area (Å²) in [6, 6.07) is 0. The molecule has 2 fully saturated rings. The molecule has 2 aliphatic rings. The van der Waals surface area contributed by atoms with Gasteiger partial charge in [0.05, 0.1) is 5.92 Å². The number of aliphatic carboxylic acids is 1. The highest BCUT2D eigenvalue weighted by molar-refractivity contribution is 5.70. The molecule has 1 spiro atoms. The minimum absolute atomic E-state index is 0.201. The van der Waals surface area contributed by atoms with Crippen molar-refractivity contribution in [3.8, 4) is 0 Å². The second-order valence-electron chi connectivity index (χ2n) is 6.77. The number of likely N-dealkylation sites (tertiary alicyclic amines) is 1. The van der Waals surface area contributed by atoms with Crippen LogP contribution in [0.2, 0.25) is 0 Å². The van der Waals surface area contributed by atoms with E-state index < -0.39 is 5.97 Å². The molecular formula is C15H27NO2. The van der Waals surface area contributed by atoms with Crippen molar-refractivity contribution in [3.63, 3.8) is 0 Å². The van der Waals surface area contributed by atoms with Crippen LogP contribution in [0.15, 0.2) is 0 Å². The molecule has 1 aliphatic carbocycles. The zero-order valence-corrected chi connectivity index (χ0v) is 11.8. The molecule has 18 heavy (non-hydrogen) atoms. The second-order valence-corrected chi connectivity index (χ2v) is 6.77. The van der Waals surface area contributed by atoms with Gasteiger partial charge in [0.1, 0.15) is 0 Å². The molecule has 0 aromatic carbocycles. The van der Waals surface area contributed by atoms with Crippen LogP contribution >= 0.6 is 0 Å². The summed E-state index contributed by atoms with van der Waals surface area (Å²) >= 11 is 0. The normalized spacial score (nSPS) is 25.7. The average molecular weight is 253 g/mol. The number of hydrogen-bond donors (Lipinski definition) is 1. The van der Waals surface area contributed by atoms with Crippen molar-refractivity contribution in [3.05, 3.63) is 0 Å². The van der Waals surface area contributed by atoms with E-state index in [1.807, 2.05) is 13.8 Å². The predicted molar refractivity (Wildman–Crippen MR) is 72.5 cm³/mol. The van der Waals surface area contributed by atoms with E-state index in [4.69, 9.17) is 0 Å². The van der Waals surface area contributed by atoms with Crippen molar-refractivity contribution >= 4 is 5.97 Å². The van der Waals surface area contributed by atoms with Crippen LogP contribution in [0.4, 0.5) is 0 Å². The summed E-state index contributed by atoms with van der Waals surface area (Å²) in [4.78, 5) is 13.6. The van der Waals surface area contributed by atoms with E-state index in [1.54, 1.807) is 0 Å². The van der Waals surface area contributed by atoms with Crippen molar-refractivity contribution in [2.24, 2.45) is 17.3 Å². The van der Waals surface area contributed by atoms with Crippen LogP contribution in [-0.4, -0.2) is 35.6 Å². The Hall–Kier alpha value is -0.570. The van der Waals surface area contributed by atoms with Gasteiger partial charge in [-0.05, 0) is 24.2 Å². The summed E-state index contributed by atoms with van der Waals surface area (Å²) in [6.45, 7) is 7.06. The predicted octanol–water partition coefficient (Wildman–Crippen LogP) is 3.00. The molecule has 0 aromatic rings. The highest BCUT2D eigenvalue weighted by Crippen LogP contribution is 2.43. The van der Waals surface area contributed by atoms with Gasteiger partial charge in [-0.15, -0.1) is 0 Å². The maximum atomic E-state index is 11.2. The molecule has 104 valence electrons. The molecule has 3 nitrogen and oxygen atoms in total. The molecular weight excluding hydrogens is 226 g/mol. The molecule has 0 radical (unpaired) electrons. The SMILES string of the molecule is CC(C)C(CN1CC2(CCCCCC2)C1)C(=O)O. The van der Waals surface area contributed by atoms with Gasteiger partial charge in [0.25, 0.3) is 0 Å². The van der Waals surface area contributed by atoms with Crippen LogP contribution in [-0.2, 0) is 4.79 Å². The van der Waals surface area contributed by atoms with Crippen LogP contribution in [0.1, 0.15) is 52.4 Å². The molecule has 1 aliphatic heterocycles. The van der Waals surface area contributed by atoms with Gasteiger partial charge in [0, 0.05) is 19.6 Å². The summed E-state index contributed by atoms with van der Waals surface area (Å²) in [5.74, 6) is -0.604. The van der Waals surface area contributed by atoms with Crippen LogP contribution in [0.5, 0.6) is 0 Å². The third-order valence-corrected chi connectivity index (χ3v) is 4.86. The first-order valence-corrected chi connectivity index (χ1v) is 7.48. The number of nitrogens with zero attached hydrogens (tertiary/aromatic N) is 1. The quantitative estimate of drug-likeness (QED) is 0.837. The minimum atomic E-state index is -0.633. The van der Waals surface area contributed by atoms with Crippen molar-refractivity contribution in [2.45, 2.75) is 52.4 Å². The first-order valence-electron chi connectivity index (χ1n) is 7.48. The third kappa shape index (κ3) is 3.05. The van der Waals surface area contributed by atoms with Crippen LogP contribution in [0.25, 0.3) is 0 Å². The topological polar surface area (TPSA) is 40.5 Å². The Bertz CT molecular complexity index is 285. The van der Waals surface area contributed by atoms with Crippen molar-refractivity contribution in [1.82, 2.24) is 4.90 Å². The summed E-state index contributed by atoms with van der Waals surface area (Å²) < 4.78 is 0. The van der Waals surface area contributed by atoms with Gasteiger partial charge >= 0.3 is 5.97 Å². The lowest BCUT2D eigenvalue weighted by Crippen LogP contribution is -2.58. The number of rotatable bonds is 4. The summed E-state index contributed by atoms with van der Waals surface area (Å²) in [5.41, 5.74) is 0.552. The zero-order chi connectivity index (χ0) is 13.2. The lowest BCUT2D eigenvalue weighted by atomic mass is 9.73. The number of carboxylic acids is 1. The fraction of sp³-hybridized carbons (Fsp3) is 0.933. The van der Waals surface area contributed by atoms with E-state index in [2.05, 4.69) is 4.90 Å². The van der Waals surface area contributed by atoms with Gasteiger partial charge in [-0.1, -0.05) is 39.5 Å². The number of carbonyl (C=O) groups is 1. The highest BCUT2D eigenvalue weighted by atomic mass is 16.4. The van der Waals surface area contributed by atoms with Crippen molar-refractivity contribution in [2.75, 3.05) is 19.6 Å². The largest absolute Gasteiger partial charge is 0.481 e. The molecule has 1 heterocycles. The first-order chi connectivity index (χ1) is 8.52. The maximum Gasteiger partial charge on any atom is 0.308 e. The van der Waals surface area contributed by atoms with Gasteiger partial charge in [-0.2, -0.15) is 0 Å². The standard InChI is InChI=1S/C15H27NO2/c1-12(2)13(14(17)18)9-16-10-15(11-16)7-5-3-4-6-8-15/h12-13H,3-11H2,1-2H3,(H,17,18). The van der Waals surface area contributed by atoms with Gasteiger partial charge in [0.15, 0.2) is 0 Å². The zero-order valence-electron chi connectivity index (χ0n) is 11.8. The van der Waals surface area contributed by atoms with Crippen molar-refractivity contribution < 1.29 is 9.90 Å². The average Bonchev–Trinajstić information content (AvgIpc) is 2.48. The van der Waals surface area contributed by atoms with E-state index in [0.29, 0.717) is 5.41 Å². The molecule has 0 aromatic heterocycles. The monoisotopic (exact) mass is 253 g/mol. The van der Waals surface area contributed by atoms with Crippen LogP contribution in [0, 0.1) is 17.3 Å². The summed E-state index contributed by atoms with van der Waals surface area (Å²) in [5, 5.41) is 9.23. The Kier molecular flexibility index (Phi) is 4.31. The third-order valence-electron chi connectivity index (χ3n) is 4.86. The molecule has 1 unspecified atom stereocenters. The molecule has 0 amide bonds. The smallest absolute Gasteiger partial charge is 0.308 e. The molecule has 1 saturated heterocycles. The van der Waals surface area contributed by atoms with Gasteiger partial charge in [0.2, 0.25) is 0 Å². The van der Waals surface area contributed by atoms with Gasteiger partial charge < -0.3 is 10.0 Å². The van der Waals surface area contributed by atoms with Crippen LogP contribution < -0.4 is 0 Å². The Balaban J connectivity index is 1.82. The Morgan fingerprint density at radius 1 is 1.17 bits per heavy atom. The number of carboxylic acid groups (broad SMARTS) is 1. The molecule has 1 atom stereocenters. The lowest BCUT2D eigenvalue weighted by Gasteiger charge is -2.51. The fourth-order valence-corrected chi connectivity index (χ4v) is 3.68. The molecule has 0 bridgehead atoms. The van der Waals surface area contributed by atoms with E-state index >= 15 is 0 Å². The Labute approximate surface area is 111 Å². The summed E-state index contributed by atoms with van der Waals surface area (Å²) in [7, 11) is 0. The van der Waals surface area contributed by atoms with Gasteiger partial charge in [-0.25, -0.2) is 0 Å².